The number of benzene rings is 2. The number of aryl methyl sites for hydroxylation is 1. The van der Waals surface area contributed by atoms with Gasteiger partial charge in [-0.25, -0.2) is 0 Å². The van der Waals surface area contributed by atoms with E-state index in [0.717, 1.165) is 22.6 Å². The van der Waals surface area contributed by atoms with Crippen molar-refractivity contribution in [3.8, 4) is 17.2 Å². The SMILES string of the molecule is COc1ccc(NCc2cc(Br)c(O)c(OC)c2)c(C)c1. The number of hydrogen-bond donors (Lipinski definition) is 2. The summed E-state index contributed by atoms with van der Waals surface area (Å²) in [6.07, 6.45) is 0. The molecule has 0 aromatic heterocycles. The van der Waals surface area contributed by atoms with Gasteiger partial charge in [-0.1, -0.05) is 0 Å². The average molecular weight is 352 g/mol. The first-order valence-electron chi connectivity index (χ1n) is 6.49. The summed E-state index contributed by atoms with van der Waals surface area (Å²) in [4.78, 5) is 0. The lowest BCUT2D eigenvalue weighted by atomic mass is 10.1. The minimum absolute atomic E-state index is 0.113. The van der Waals surface area contributed by atoms with E-state index in [4.69, 9.17) is 9.47 Å². The van der Waals surface area contributed by atoms with Gasteiger partial charge in [-0.05, 0) is 64.3 Å². The number of rotatable bonds is 5. The average Bonchev–Trinajstić information content (AvgIpc) is 2.49. The summed E-state index contributed by atoms with van der Waals surface area (Å²) in [7, 11) is 3.19. The lowest BCUT2D eigenvalue weighted by Crippen LogP contribution is -2.02. The highest BCUT2D eigenvalue weighted by Crippen LogP contribution is 2.35. The number of halogens is 1. The smallest absolute Gasteiger partial charge is 0.172 e. The van der Waals surface area contributed by atoms with Crippen molar-refractivity contribution < 1.29 is 14.6 Å². The summed E-state index contributed by atoms with van der Waals surface area (Å²) >= 11 is 3.32. The van der Waals surface area contributed by atoms with Crippen LogP contribution < -0.4 is 14.8 Å². The largest absolute Gasteiger partial charge is 0.503 e. The second kappa shape index (κ2) is 6.72. The van der Waals surface area contributed by atoms with Crippen LogP contribution in [0.25, 0.3) is 0 Å². The molecule has 21 heavy (non-hydrogen) atoms. The fraction of sp³-hybridized carbons (Fsp3) is 0.250. The van der Waals surface area contributed by atoms with Crippen LogP contribution in [0.2, 0.25) is 0 Å². The molecule has 0 radical (unpaired) electrons. The molecule has 0 saturated heterocycles. The van der Waals surface area contributed by atoms with Gasteiger partial charge in [-0.3, -0.25) is 0 Å². The van der Waals surface area contributed by atoms with Crippen LogP contribution in [0.4, 0.5) is 5.69 Å². The number of aromatic hydroxyl groups is 1. The van der Waals surface area contributed by atoms with E-state index in [9.17, 15) is 5.11 Å². The molecule has 2 rings (SSSR count). The summed E-state index contributed by atoms with van der Waals surface area (Å²) < 4.78 is 11.0. The van der Waals surface area contributed by atoms with Crippen molar-refractivity contribution in [1.82, 2.24) is 0 Å². The highest BCUT2D eigenvalue weighted by Gasteiger charge is 2.09. The highest BCUT2D eigenvalue weighted by atomic mass is 79.9. The molecule has 0 bridgehead atoms. The van der Waals surface area contributed by atoms with Gasteiger partial charge in [0.05, 0.1) is 18.7 Å². The molecule has 4 nitrogen and oxygen atoms in total. The van der Waals surface area contributed by atoms with Crippen LogP contribution in [0, 0.1) is 6.92 Å². The molecule has 0 aliphatic carbocycles. The summed E-state index contributed by atoms with van der Waals surface area (Å²) in [6.45, 7) is 2.65. The van der Waals surface area contributed by atoms with Gasteiger partial charge in [0.15, 0.2) is 11.5 Å². The topological polar surface area (TPSA) is 50.7 Å². The third-order valence-electron chi connectivity index (χ3n) is 3.22. The van der Waals surface area contributed by atoms with Crippen molar-refractivity contribution in [3.63, 3.8) is 0 Å². The summed E-state index contributed by atoms with van der Waals surface area (Å²) in [5, 5.41) is 13.2. The van der Waals surface area contributed by atoms with Gasteiger partial charge in [-0.2, -0.15) is 0 Å². The van der Waals surface area contributed by atoms with Gasteiger partial charge in [-0.15, -0.1) is 0 Å². The molecule has 0 heterocycles. The minimum atomic E-state index is 0.113. The van der Waals surface area contributed by atoms with E-state index >= 15 is 0 Å². The molecule has 112 valence electrons. The summed E-state index contributed by atoms with van der Waals surface area (Å²) in [5.74, 6) is 1.40. The standard InChI is InChI=1S/C16H18BrNO3/c1-10-6-12(20-2)4-5-14(10)18-9-11-7-13(17)16(19)15(8-11)21-3/h4-8,18-19H,9H2,1-3H3. The van der Waals surface area contributed by atoms with E-state index < -0.39 is 0 Å². The maximum absolute atomic E-state index is 9.80. The van der Waals surface area contributed by atoms with Crippen molar-refractivity contribution in [1.29, 1.82) is 0 Å². The third kappa shape index (κ3) is 3.61. The highest BCUT2D eigenvalue weighted by molar-refractivity contribution is 9.10. The van der Waals surface area contributed by atoms with Gasteiger partial charge >= 0.3 is 0 Å². The molecule has 2 aromatic carbocycles. The van der Waals surface area contributed by atoms with Crippen LogP contribution in [0.5, 0.6) is 17.2 Å². The molecule has 0 saturated carbocycles. The molecule has 5 heteroatoms. The number of hydrogen-bond acceptors (Lipinski definition) is 4. The summed E-state index contributed by atoms with van der Waals surface area (Å²) in [6, 6.07) is 9.56. The Hall–Kier alpha value is -1.88. The monoisotopic (exact) mass is 351 g/mol. The number of phenols is 1. The van der Waals surface area contributed by atoms with E-state index in [1.54, 1.807) is 7.11 Å². The molecule has 0 unspecified atom stereocenters. The van der Waals surface area contributed by atoms with Crippen LogP contribution >= 0.6 is 15.9 Å². The normalized spacial score (nSPS) is 10.3. The molecule has 2 N–H and O–H groups in total. The van der Waals surface area contributed by atoms with Crippen LogP contribution in [-0.4, -0.2) is 19.3 Å². The fourth-order valence-corrected chi connectivity index (χ4v) is 2.53. The van der Waals surface area contributed by atoms with E-state index in [-0.39, 0.29) is 5.75 Å². The Morgan fingerprint density at radius 2 is 1.90 bits per heavy atom. The molecule has 0 fully saturated rings. The first-order chi connectivity index (χ1) is 10.0. The summed E-state index contributed by atoms with van der Waals surface area (Å²) in [5.41, 5.74) is 3.16. The Morgan fingerprint density at radius 1 is 1.14 bits per heavy atom. The van der Waals surface area contributed by atoms with E-state index in [1.165, 1.54) is 7.11 Å². The van der Waals surface area contributed by atoms with E-state index in [1.807, 2.05) is 37.3 Å². The quantitative estimate of drug-likeness (QED) is 0.851. The zero-order chi connectivity index (χ0) is 15.4. The Kier molecular flexibility index (Phi) is 4.96. The van der Waals surface area contributed by atoms with Crippen LogP contribution in [0.1, 0.15) is 11.1 Å². The molecule has 2 aromatic rings. The Morgan fingerprint density at radius 3 is 2.52 bits per heavy atom. The van der Waals surface area contributed by atoms with Crippen molar-refractivity contribution in [2.24, 2.45) is 0 Å². The zero-order valence-corrected chi connectivity index (χ0v) is 13.8. The fourth-order valence-electron chi connectivity index (χ4n) is 2.04. The zero-order valence-electron chi connectivity index (χ0n) is 12.2. The molecule has 0 spiro atoms. The van der Waals surface area contributed by atoms with Crippen molar-refractivity contribution >= 4 is 21.6 Å². The second-order valence-electron chi connectivity index (χ2n) is 4.66. The first-order valence-corrected chi connectivity index (χ1v) is 7.28. The lowest BCUT2D eigenvalue weighted by Gasteiger charge is -2.13. The minimum Gasteiger partial charge on any atom is -0.503 e. The maximum atomic E-state index is 9.80. The predicted molar refractivity (Wildman–Crippen MR) is 87.4 cm³/mol. The van der Waals surface area contributed by atoms with Crippen molar-refractivity contribution in [2.45, 2.75) is 13.5 Å². The van der Waals surface area contributed by atoms with Gasteiger partial charge < -0.3 is 19.9 Å². The number of nitrogens with one attached hydrogen (secondary N) is 1. The maximum Gasteiger partial charge on any atom is 0.172 e. The number of methoxy groups -OCH3 is 2. The van der Waals surface area contributed by atoms with Crippen LogP contribution in [0.3, 0.4) is 0 Å². The third-order valence-corrected chi connectivity index (χ3v) is 3.83. The molecule has 0 aliphatic rings. The van der Waals surface area contributed by atoms with E-state index in [0.29, 0.717) is 16.8 Å². The Labute approximate surface area is 132 Å². The van der Waals surface area contributed by atoms with Crippen molar-refractivity contribution in [2.75, 3.05) is 19.5 Å². The van der Waals surface area contributed by atoms with E-state index in [2.05, 4.69) is 21.2 Å². The molecule has 0 amide bonds. The Balaban J connectivity index is 2.15. The second-order valence-corrected chi connectivity index (χ2v) is 5.52. The van der Waals surface area contributed by atoms with Crippen LogP contribution in [-0.2, 0) is 6.54 Å². The Bertz CT molecular complexity index is 644. The van der Waals surface area contributed by atoms with Gasteiger partial charge in [0, 0.05) is 12.2 Å². The molecule has 0 aliphatic heterocycles. The van der Waals surface area contributed by atoms with Gasteiger partial charge in [0.2, 0.25) is 0 Å². The molecule has 0 atom stereocenters. The number of ether oxygens (including phenoxy) is 2. The predicted octanol–water partition coefficient (Wildman–Crippen LogP) is 4.09. The lowest BCUT2D eigenvalue weighted by molar-refractivity contribution is 0.371. The number of phenolic OH excluding ortho intramolecular Hbond substituents is 1. The number of anilines is 1. The first kappa shape index (κ1) is 15.5. The molecular formula is C16H18BrNO3. The van der Waals surface area contributed by atoms with Crippen LogP contribution in [0.15, 0.2) is 34.8 Å². The van der Waals surface area contributed by atoms with Gasteiger partial charge in [0.1, 0.15) is 5.75 Å². The van der Waals surface area contributed by atoms with Crippen molar-refractivity contribution in [3.05, 3.63) is 45.9 Å². The van der Waals surface area contributed by atoms with Gasteiger partial charge in [0.25, 0.3) is 0 Å². The molecular weight excluding hydrogens is 334 g/mol.